The zero-order valence-corrected chi connectivity index (χ0v) is 12.6. The van der Waals surface area contributed by atoms with Gasteiger partial charge in [-0.3, -0.25) is 4.79 Å². The summed E-state index contributed by atoms with van der Waals surface area (Å²) in [5, 5.41) is 2.92. The summed E-state index contributed by atoms with van der Waals surface area (Å²) in [5.41, 5.74) is 2.84. The van der Waals surface area contributed by atoms with E-state index in [4.69, 9.17) is 0 Å². The fraction of sp³-hybridized carbons (Fsp3) is 0.286. The monoisotopic (exact) mass is 321 g/mol. The minimum atomic E-state index is -0.0495. The molecule has 0 aliphatic heterocycles. The van der Waals surface area contributed by atoms with E-state index in [0.29, 0.717) is 12.1 Å². The van der Waals surface area contributed by atoms with E-state index in [9.17, 15) is 4.79 Å². The van der Waals surface area contributed by atoms with Crippen LogP contribution in [0.1, 0.15) is 21.6 Å². The Morgan fingerprint density at radius 1 is 1.42 bits per heavy atom. The molecule has 1 aromatic heterocycles. The van der Waals surface area contributed by atoms with Crippen molar-refractivity contribution in [2.45, 2.75) is 13.3 Å². The highest BCUT2D eigenvalue weighted by molar-refractivity contribution is 9.10. The molecule has 1 aromatic carbocycles. The maximum atomic E-state index is 12.0. The van der Waals surface area contributed by atoms with Crippen molar-refractivity contribution in [3.63, 3.8) is 0 Å². The Bertz CT molecular complexity index is 572. The third kappa shape index (κ3) is 3.67. The number of aryl methyl sites for hydroxylation is 2. The SMILES string of the molecule is Cc1cc(Br)cc(C(=O)NCCc2cncn2C)c1. The van der Waals surface area contributed by atoms with E-state index in [0.717, 1.165) is 22.2 Å². The van der Waals surface area contributed by atoms with Crippen LogP contribution in [0.5, 0.6) is 0 Å². The number of aromatic nitrogens is 2. The Kier molecular flexibility index (Phi) is 4.37. The molecule has 0 aliphatic rings. The number of carbonyl (C=O) groups is 1. The minimum Gasteiger partial charge on any atom is -0.352 e. The van der Waals surface area contributed by atoms with Crippen molar-refractivity contribution in [2.24, 2.45) is 7.05 Å². The van der Waals surface area contributed by atoms with Gasteiger partial charge in [0.2, 0.25) is 0 Å². The van der Waals surface area contributed by atoms with Crippen LogP contribution >= 0.6 is 15.9 Å². The number of imidazole rings is 1. The summed E-state index contributed by atoms with van der Waals surface area (Å²) < 4.78 is 2.87. The molecule has 0 radical (unpaired) electrons. The fourth-order valence-corrected chi connectivity index (χ4v) is 2.51. The number of amides is 1. The fourth-order valence-electron chi connectivity index (χ4n) is 1.90. The average molecular weight is 322 g/mol. The molecule has 100 valence electrons. The van der Waals surface area contributed by atoms with Gasteiger partial charge in [-0.25, -0.2) is 4.98 Å². The van der Waals surface area contributed by atoms with Crippen molar-refractivity contribution in [3.05, 3.63) is 52.0 Å². The van der Waals surface area contributed by atoms with E-state index < -0.39 is 0 Å². The lowest BCUT2D eigenvalue weighted by Gasteiger charge is -2.07. The highest BCUT2D eigenvalue weighted by Crippen LogP contribution is 2.15. The summed E-state index contributed by atoms with van der Waals surface area (Å²) in [6.45, 7) is 2.57. The van der Waals surface area contributed by atoms with Crippen molar-refractivity contribution < 1.29 is 4.79 Å². The van der Waals surface area contributed by atoms with Gasteiger partial charge in [0.15, 0.2) is 0 Å². The second-order valence-electron chi connectivity index (χ2n) is 4.52. The Morgan fingerprint density at radius 2 is 2.21 bits per heavy atom. The van der Waals surface area contributed by atoms with Gasteiger partial charge in [0, 0.05) is 41.9 Å². The van der Waals surface area contributed by atoms with E-state index in [1.165, 1.54) is 0 Å². The van der Waals surface area contributed by atoms with Crippen LogP contribution in [0.4, 0.5) is 0 Å². The summed E-state index contributed by atoms with van der Waals surface area (Å²) in [4.78, 5) is 16.1. The number of hydrogen-bond donors (Lipinski definition) is 1. The lowest BCUT2D eigenvalue weighted by molar-refractivity contribution is 0.0954. The third-order valence-electron chi connectivity index (χ3n) is 2.89. The van der Waals surface area contributed by atoms with E-state index >= 15 is 0 Å². The highest BCUT2D eigenvalue weighted by atomic mass is 79.9. The smallest absolute Gasteiger partial charge is 0.251 e. The molecule has 0 fully saturated rings. The molecule has 0 saturated heterocycles. The molecular weight excluding hydrogens is 306 g/mol. The summed E-state index contributed by atoms with van der Waals surface area (Å²) in [6.07, 6.45) is 4.35. The molecular formula is C14H16BrN3O. The van der Waals surface area contributed by atoms with Crippen LogP contribution in [0.3, 0.4) is 0 Å². The minimum absolute atomic E-state index is 0.0495. The second-order valence-corrected chi connectivity index (χ2v) is 5.43. The number of rotatable bonds is 4. The Morgan fingerprint density at radius 3 is 2.84 bits per heavy atom. The number of carbonyl (C=O) groups excluding carboxylic acids is 1. The second kappa shape index (κ2) is 6.02. The first-order chi connectivity index (χ1) is 9.06. The van der Waals surface area contributed by atoms with E-state index in [-0.39, 0.29) is 5.91 Å². The van der Waals surface area contributed by atoms with Gasteiger partial charge in [0.05, 0.1) is 6.33 Å². The molecule has 0 unspecified atom stereocenters. The maximum Gasteiger partial charge on any atom is 0.251 e. The van der Waals surface area contributed by atoms with Crippen LogP contribution in [0.15, 0.2) is 35.2 Å². The molecule has 0 aliphatic carbocycles. The van der Waals surface area contributed by atoms with E-state index in [1.807, 2.05) is 42.9 Å². The third-order valence-corrected chi connectivity index (χ3v) is 3.35. The first-order valence-corrected chi connectivity index (χ1v) is 6.86. The van der Waals surface area contributed by atoms with Crippen LogP contribution < -0.4 is 5.32 Å². The number of benzene rings is 1. The number of nitrogens with one attached hydrogen (secondary N) is 1. The van der Waals surface area contributed by atoms with Crippen molar-refractivity contribution in [1.82, 2.24) is 14.9 Å². The standard InChI is InChI=1S/C14H16BrN3O/c1-10-5-11(7-12(15)6-10)14(19)17-4-3-13-8-16-9-18(13)2/h5-9H,3-4H2,1-2H3,(H,17,19). The topological polar surface area (TPSA) is 46.9 Å². The van der Waals surface area contributed by atoms with Crippen LogP contribution in [0.25, 0.3) is 0 Å². The lowest BCUT2D eigenvalue weighted by atomic mass is 10.1. The molecule has 5 heteroatoms. The van der Waals surface area contributed by atoms with Gasteiger partial charge in [-0.2, -0.15) is 0 Å². The number of hydrogen-bond acceptors (Lipinski definition) is 2. The van der Waals surface area contributed by atoms with Gasteiger partial charge in [0.1, 0.15) is 0 Å². The van der Waals surface area contributed by atoms with Gasteiger partial charge >= 0.3 is 0 Å². The molecule has 4 nitrogen and oxygen atoms in total. The molecule has 0 saturated carbocycles. The summed E-state index contributed by atoms with van der Waals surface area (Å²) >= 11 is 3.40. The lowest BCUT2D eigenvalue weighted by Crippen LogP contribution is -2.26. The molecule has 0 atom stereocenters. The first kappa shape index (κ1) is 13.8. The quantitative estimate of drug-likeness (QED) is 0.940. The van der Waals surface area contributed by atoms with E-state index in [2.05, 4.69) is 26.2 Å². The molecule has 1 amide bonds. The molecule has 1 heterocycles. The summed E-state index contributed by atoms with van der Waals surface area (Å²) in [5.74, 6) is -0.0495. The van der Waals surface area contributed by atoms with E-state index in [1.54, 1.807) is 6.33 Å². The average Bonchev–Trinajstić information content (AvgIpc) is 2.74. The number of halogens is 1. The predicted octanol–water partition coefficient (Wildman–Crippen LogP) is 2.46. The van der Waals surface area contributed by atoms with Gasteiger partial charge in [-0.15, -0.1) is 0 Å². The molecule has 19 heavy (non-hydrogen) atoms. The van der Waals surface area contributed by atoms with Gasteiger partial charge in [-0.05, 0) is 30.7 Å². The zero-order valence-electron chi connectivity index (χ0n) is 11.0. The first-order valence-electron chi connectivity index (χ1n) is 6.07. The molecule has 2 rings (SSSR count). The predicted molar refractivity (Wildman–Crippen MR) is 78.1 cm³/mol. The van der Waals surface area contributed by atoms with Gasteiger partial charge in [-0.1, -0.05) is 15.9 Å². The van der Waals surface area contributed by atoms with Crippen molar-refractivity contribution in [3.8, 4) is 0 Å². The molecule has 0 bridgehead atoms. The van der Waals surface area contributed by atoms with Crippen molar-refractivity contribution >= 4 is 21.8 Å². The molecule has 0 spiro atoms. The Hall–Kier alpha value is -1.62. The van der Waals surface area contributed by atoms with Crippen LogP contribution in [0, 0.1) is 6.92 Å². The van der Waals surface area contributed by atoms with Gasteiger partial charge in [0.25, 0.3) is 5.91 Å². The van der Waals surface area contributed by atoms with Crippen LogP contribution in [0.2, 0.25) is 0 Å². The van der Waals surface area contributed by atoms with Crippen molar-refractivity contribution in [1.29, 1.82) is 0 Å². The Labute approximate surface area is 121 Å². The number of nitrogens with zero attached hydrogens (tertiary/aromatic N) is 2. The summed E-state index contributed by atoms with van der Waals surface area (Å²) in [7, 11) is 1.95. The van der Waals surface area contributed by atoms with Crippen molar-refractivity contribution in [2.75, 3.05) is 6.54 Å². The molecule has 1 N–H and O–H groups in total. The highest BCUT2D eigenvalue weighted by Gasteiger charge is 2.07. The molecule has 2 aromatic rings. The maximum absolute atomic E-state index is 12.0. The largest absolute Gasteiger partial charge is 0.352 e. The normalized spacial score (nSPS) is 10.5. The summed E-state index contributed by atoms with van der Waals surface area (Å²) in [6, 6.07) is 5.68. The Balaban J connectivity index is 1.92. The van der Waals surface area contributed by atoms with Gasteiger partial charge < -0.3 is 9.88 Å². The zero-order chi connectivity index (χ0) is 13.8. The van der Waals surface area contributed by atoms with Crippen LogP contribution in [-0.4, -0.2) is 22.0 Å². The van der Waals surface area contributed by atoms with Crippen LogP contribution in [-0.2, 0) is 13.5 Å².